The summed E-state index contributed by atoms with van der Waals surface area (Å²) in [6, 6.07) is 18.9. The quantitative estimate of drug-likeness (QED) is 0.368. The summed E-state index contributed by atoms with van der Waals surface area (Å²) >= 11 is 0. The van der Waals surface area contributed by atoms with Gasteiger partial charge in [0, 0.05) is 12.6 Å². The van der Waals surface area contributed by atoms with Gasteiger partial charge in [0.1, 0.15) is 24.2 Å². The van der Waals surface area contributed by atoms with Crippen LogP contribution in [0.3, 0.4) is 0 Å². The number of hydrogen-bond acceptors (Lipinski definition) is 5. The summed E-state index contributed by atoms with van der Waals surface area (Å²) in [6.45, 7) is 1.10. The molecule has 4 rings (SSSR count). The maximum absolute atomic E-state index is 13.9. The van der Waals surface area contributed by atoms with Crippen molar-refractivity contribution in [3.63, 3.8) is 0 Å². The highest BCUT2D eigenvalue weighted by Gasteiger charge is 2.33. The minimum atomic E-state index is -4.20. The maximum atomic E-state index is 13.9. The molecular weight excluding hydrogens is 533 g/mol. The number of nitrogens with one attached hydrogen (secondary N) is 1. The number of anilines is 1. The van der Waals surface area contributed by atoms with Gasteiger partial charge in [0.05, 0.1) is 17.7 Å². The van der Waals surface area contributed by atoms with E-state index in [4.69, 9.17) is 4.74 Å². The van der Waals surface area contributed by atoms with E-state index in [1.807, 2.05) is 6.07 Å². The first kappa shape index (κ1) is 29.1. The van der Waals surface area contributed by atoms with Crippen LogP contribution in [0.2, 0.25) is 0 Å². The van der Waals surface area contributed by atoms with Crippen LogP contribution in [0.4, 0.5) is 10.1 Å². The molecule has 0 saturated heterocycles. The molecule has 1 N–H and O–H groups in total. The van der Waals surface area contributed by atoms with Crippen LogP contribution < -0.4 is 14.4 Å². The van der Waals surface area contributed by atoms with E-state index in [1.54, 1.807) is 43.3 Å². The Morgan fingerprint density at radius 1 is 1.00 bits per heavy atom. The molecule has 0 aliphatic heterocycles. The Bertz CT molecular complexity index is 1410. The van der Waals surface area contributed by atoms with Crippen molar-refractivity contribution in [3.05, 3.63) is 90.2 Å². The molecule has 10 heteroatoms. The van der Waals surface area contributed by atoms with E-state index in [0.717, 1.165) is 42.1 Å². The number of methoxy groups -OCH3 is 1. The van der Waals surface area contributed by atoms with Crippen molar-refractivity contribution in [2.24, 2.45) is 0 Å². The number of benzene rings is 3. The Balaban J connectivity index is 1.68. The Morgan fingerprint density at radius 2 is 1.68 bits per heavy atom. The Labute approximate surface area is 234 Å². The smallest absolute Gasteiger partial charge is 0.264 e. The van der Waals surface area contributed by atoms with Crippen molar-refractivity contribution in [3.8, 4) is 5.75 Å². The molecule has 40 heavy (non-hydrogen) atoms. The van der Waals surface area contributed by atoms with E-state index in [-0.39, 0.29) is 29.1 Å². The van der Waals surface area contributed by atoms with Crippen LogP contribution in [0.25, 0.3) is 0 Å². The minimum Gasteiger partial charge on any atom is -0.497 e. The molecule has 8 nitrogen and oxygen atoms in total. The van der Waals surface area contributed by atoms with Crippen LogP contribution in [0, 0.1) is 5.82 Å². The summed E-state index contributed by atoms with van der Waals surface area (Å²) in [5.74, 6) is -0.834. The lowest BCUT2D eigenvalue weighted by Gasteiger charge is -2.32. The summed E-state index contributed by atoms with van der Waals surface area (Å²) in [4.78, 5) is 28.6. The molecule has 0 unspecified atom stereocenters. The lowest BCUT2D eigenvalue weighted by atomic mass is 10.1. The number of rotatable bonds is 11. The number of carbonyl (C=O) groups excluding carboxylic acids is 2. The lowest BCUT2D eigenvalue weighted by Crippen LogP contribution is -2.52. The van der Waals surface area contributed by atoms with Gasteiger partial charge in [-0.15, -0.1) is 0 Å². The second kappa shape index (κ2) is 13.0. The molecule has 1 fully saturated rings. The monoisotopic (exact) mass is 567 g/mol. The number of nitrogens with zero attached hydrogens (tertiary/aromatic N) is 2. The zero-order chi connectivity index (χ0) is 28.7. The van der Waals surface area contributed by atoms with Crippen molar-refractivity contribution >= 4 is 27.5 Å². The summed E-state index contributed by atoms with van der Waals surface area (Å²) in [5, 5.41) is 3.04. The average molecular weight is 568 g/mol. The van der Waals surface area contributed by atoms with Crippen LogP contribution in [0.5, 0.6) is 5.75 Å². The van der Waals surface area contributed by atoms with Crippen molar-refractivity contribution in [1.82, 2.24) is 10.2 Å². The topological polar surface area (TPSA) is 96.0 Å². The van der Waals surface area contributed by atoms with Crippen LogP contribution in [0.1, 0.15) is 38.2 Å². The second-order valence-electron chi connectivity index (χ2n) is 9.84. The zero-order valence-corrected chi connectivity index (χ0v) is 23.4. The summed E-state index contributed by atoms with van der Waals surface area (Å²) < 4.78 is 47.4. The molecule has 1 atom stereocenters. The van der Waals surface area contributed by atoms with Crippen LogP contribution in [-0.2, 0) is 26.2 Å². The Morgan fingerprint density at radius 3 is 2.33 bits per heavy atom. The van der Waals surface area contributed by atoms with Crippen LogP contribution in [-0.4, -0.2) is 50.9 Å². The molecule has 1 aliphatic rings. The molecule has 1 saturated carbocycles. The highest BCUT2D eigenvalue weighted by Crippen LogP contribution is 2.25. The predicted octanol–water partition coefficient (Wildman–Crippen LogP) is 4.51. The van der Waals surface area contributed by atoms with Crippen molar-refractivity contribution in [1.29, 1.82) is 0 Å². The van der Waals surface area contributed by atoms with Crippen molar-refractivity contribution in [2.75, 3.05) is 18.0 Å². The van der Waals surface area contributed by atoms with Crippen LogP contribution in [0.15, 0.2) is 83.8 Å². The fourth-order valence-corrected chi connectivity index (χ4v) is 6.23. The van der Waals surface area contributed by atoms with E-state index in [1.165, 1.54) is 36.3 Å². The molecule has 1 aliphatic carbocycles. The van der Waals surface area contributed by atoms with Crippen molar-refractivity contribution in [2.45, 2.75) is 56.1 Å². The zero-order valence-electron chi connectivity index (χ0n) is 22.6. The SMILES string of the molecule is COc1cccc(CN(C(=O)CN(c2ccc(F)cc2)S(=O)(=O)c2ccccc2)[C@H](C)C(=O)NC2CCCC2)c1. The van der Waals surface area contributed by atoms with E-state index in [0.29, 0.717) is 11.3 Å². The lowest BCUT2D eigenvalue weighted by molar-refractivity contribution is -0.139. The normalized spacial score (nSPS) is 14.4. The molecule has 0 radical (unpaired) electrons. The Kier molecular flexibility index (Phi) is 9.42. The first-order valence-corrected chi connectivity index (χ1v) is 14.7. The van der Waals surface area contributed by atoms with Gasteiger partial charge >= 0.3 is 0 Å². The van der Waals surface area contributed by atoms with Gasteiger partial charge in [-0.05, 0) is 73.9 Å². The molecule has 212 valence electrons. The van der Waals surface area contributed by atoms with Crippen LogP contribution >= 0.6 is 0 Å². The van der Waals surface area contributed by atoms with E-state index >= 15 is 0 Å². The summed E-state index contributed by atoms with van der Waals surface area (Å²) in [7, 11) is -2.66. The minimum absolute atomic E-state index is 0.0153. The molecular formula is C30H34FN3O5S. The fourth-order valence-electron chi connectivity index (χ4n) is 4.80. The summed E-state index contributed by atoms with van der Waals surface area (Å²) in [5.41, 5.74) is 0.843. The third-order valence-electron chi connectivity index (χ3n) is 7.08. The van der Waals surface area contributed by atoms with Gasteiger partial charge in [-0.3, -0.25) is 13.9 Å². The number of ether oxygens (including phenoxy) is 1. The largest absolute Gasteiger partial charge is 0.497 e. The number of halogens is 1. The Hall–Kier alpha value is -3.92. The highest BCUT2D eigenvalue weighted by molar-refractivity contribution is 7.92. The molecule has 0 heterocycles. The number of hydrogen-bond donors (Lipinski definition) is 1. The van der Waals surface area contributed by atoms with Gasteiger partial charge in [-0.25, -0.2) is 12.8 Å². The molecule has 2 amide bonds. The standard InChI is InChI=1S/C30H34FN3O5S/c1-22(30(36)32-25-10-6-7-11-25)33(20-23-9-8-12-27(19-23)39-2)29(35)21-34(26-17-15-24(31)16-18-26)40(37,38)28-13-4-3-5-14-28/h3-5,8-9,12-19,22,25H,6-7,10-11,20-21H2,1-2H3,(H,32,36)/t22-/m1/s1. The maximum Gasteiger partial charge on any atom is 0.264 e. The average Bonchev–Trinajstić information content (AvgIpc) is 3.48. The third-order valence-corrected chi connectivity index (χ3v) is 8.87. The van der Waals surface area contributed by atoms with E-state index in [9.17, 15) is 22.4 Å². The molecule has 0 bridgehead atoms. The predicted molar refractivity (Wildman–Crippen MR) is 151 cm³/mol. The molecule has 3 aromatic carbocycles. The van der Waals surface area contributed by atoms with Gasteiger partial charge in [-0.1, -0.05) is 43.2 Å². The fraction of sp³-hybridized carbons (Fsp3) is 0.333. The molecule has 0 spiro atoms. The summed E-state index contributed by atoms with van der Waals surface area (Å²) in [6.07, 6.45) is 3.84. The third kappa shape index (κ3) is 6.98. The second-order valence-corrected chi connectivity index (χ2v) is 11.7. The number of carbonyl (C=O) groups is 2. The number of amides is 2. The van der Waals surface area contributed by atoms with Gasteiger partial charge in [0.25, 0.3) is 10.0 Å². The molecule has 3 aromatic rings. The van der Waals surface area contributed by atoms with Gasteiger partial charge < -0.3 is 15.0 Å². The molecule has 0 aromatic heterocycles. The number of sulfonamides is 1. The van der Waals surface area contributed by atoms with E-state index in [2.05, 4.69) is 5.32 Å². The first-order valence-electron chi connectivity index (χ1n) is 13.2. The highest BCUT2D eigenvalue weighted by atomic mass is 32.2. The van der Waals surface area contributed by atoms with Gasteiger partial charge in [0.2, 0.25) is 11.8 Å². The van der Waals surface area contributed by atoms with E-state index < -0.39 is 34.3 Å². The first-order chi connectivity index (χ1) is 19.2. The van der Waals surface area contributed by atoms with Crippen molar-refractivity contribution < 1.29 is 27.1 Å². The van der Waals surface area contributed by atoms with Gasteiger partial charge in [0.15, 0.2) is 0 Å². The van der Waals surface area contributed by atoms with Gasteiger partial charge in [-0.2, -0.15) is 0 Å².